The van der Waals surface area contributed by atoms with Gasteiger partial charge >= 0.3 is 0 Å². The summed E-state index contributed by atoms with van der Waals surface area (Å²) in [6.07, 6.45) is 0. The predicted octanol–water partition coefficient (Wildman–Crippen LogP) is 4.19. The molecule has 0 aliphatic rings. The van der Waals surface area contributed by atoms with E-state index in [4.69, 9.17) is 9.47 Å². The Kier molecular flexibility index (Phi) is 6.16. The molecule has 0 spiro atoms. The van der Waals surface area contributed by atoms with Crippen molar-refractivity contribution in [3.05, 3.63) is 48.0 Å². The molecule has 0 aliphatic carbocycles. The molecule has 1 heterocycles. The topological polar surface area (TPSA) is 60.5 Å². The van der Waals surface area contributed by atoms with Crippen LogP contribution in [-0.2, 0) is 0 Å². The average Bonchev–Trinajstić information content (AvgIpc) is 3.02. The second kappa shape index (κ2) is 8.12. The van der Waals surface area contributed by atoms with Crippen LogP contribution in [0.3, 0.4) is 0 Å². The lowest BCUT2D eigenvalue weighted by Gasteiger charge is -2.04. The summed E-state index contributed by atoms with van der Waals surface area (Å²) < 4.78 is 11.4. The fraction of sp³-hybridized carbons (Fsp3) is 0.176. The van der Waals surface area contributed by atoms with E-state index >= 15 is 0 Å². The van der Waals surface area contributed by atoms with Crippen LogP contribution in [-0.4, -0.2) is 31.5 Å². The quantitative estimate of drug-likeness (QED) is 0.619. The van der Waals surface area contributed by atoms with Gasteiger partial charge in [-0.1, -0.05) is 29.5 Å². The third-order valence-electron chi connectivity index (χ3n) is 3.39. The van der Waals surface area contributed by atoms with Gasteiger partial charge in [0, 0.05) is 5.56 Å². The van der Waals surface area contributed by atoms with Gasteiger partial charge in [0.1, 0.15) is 17.0 Å². The van der Waals surface area contributed by atoms with E-state index in [0.29, 0.717) is 16.4 Å². The van der Waals surface area contributed by atoms with Crippen LogP contribution in [0.25, 0.3) is 10.2 Å². The van der Waals surface area contributed by atoms with E-state index in [1.54, 1.807) is 32.4 Å². The standard InChI is InChI=1S/C17H16N2O3S.BrH/c1-21-12-6-3-5-11(9-12)13(20)10-18-17-19-16-14(22-2)7-4-8-15(16)23-17;/h3-9H,10H2,1-2H3,(H,18,19);1H. The first kappa shape index (κ1) is 18.2. The van der Waals surface area contributed by atoms with E-state index in [-0.39, 0.29) is 29.3 Å². The Morgan fingerprint density at radius 1 is 1.17 bits per heavy atom. The lowest BCUT2D eigenvalue weighted by Crippen LogP contribution is -2.13. The van der Waals surface area contributed by atoms with Crippen LogP contribution in [0.4, 0.5) is 5.13 Å². The van der Waals surface area contributed by atoms with Gasteiger partial charge in [0.15, 0.2) is 10.9 Å². The molecular formula is C17H17BrN2O3S. The predicted molar refractivity (Wildman–Crippen MR) is 102 cm³/mol. The van der Waals surface area contributed by atoms with Crippen molar-refractivity contribution < 1.29 is 14.3 Å². The molecule has 126 valence electrons. The summed E-state index contributed by atoms with van der Waals surface area (Å²) in [7, 11) is 3.20. The van der Waals surface area contributed by atoms with E-state index in [9.17, 15) is 4.79 Å². The lowest BCUT2D eigenvalue weighted by molar-refractivity contribution is 0.101. The highest BCUT2D eigenvalue weighted by molar-refractivity contribution is 8.93. The molecule has 0 amide bonds. The number of benzene rings is 2. The first-order valence-electron chi connectivity index (χ1n) is 7.06. The third kappa shape index (κ3) is 3.85. The van der Waals surface area contributed by atoms with E-state index in [0.717, 1.165) is 16.0 Å². The van der Waals surface area contributed by atoms with Crippen LogP contribution in [0.2, 0.25) is 0 Å². The molecule has 0 saturated heterocycles. The summed E-state index contributed by atoms with van der Waals surface area (Å²) in [5, 5.41) is 3.78. The Bertz CT molecular complexity index is 851. The van der Waals surface area contributed by atoms with Gasteiger partial charge in [-0.05, 0) is 24.3 Å². The molecule has 0 bridgehead atoms. The highest BCUT2D eigenvalue weighted by Crippen LogP contribution is 2.32. The summed E-state index contributed by atoms with van der Waals surface area (Å²) in [6, 6.07) is 12.9. The Balaban J connectivity index is 0.00000208. The summed E-state index contributed by atoms with van der Waals surface area (Å²) in [5.41, 5.74) is 1.41. The van der Waals surface area contributed by atoms with Crippen LogP contribution in [0.15, 0.2) is 42.5 Å². The minimum Gasteiger partial charge on any atom is -0.497 e. The van der Waals surface area contributed by atoms with Crippen LogP contribution in [0.1, 0.15) is 10.4 Å². The molecule has 0 fully saturated rings. The van der Waals surface area contributed by atoms with Crippen LogP contribution in [0, 0.1) is 0 Å². The highest BCUT2D eigenvalue weighted by Gasteiger charge is 2.11. The van der Waals surface area contributed by atoms with Gasteiger partial charge in [0.25, 0.3) is 0 Å². The maximum absolute atomic E-state index is 12.3. The Labute approximate surface area is 154 Å². The highest BCUT2D eigenvalue weighted by atomic mass is 79.9. The second-order valence-electron chi connectivity index (χ2n) is 4.83. The number of hydrogen-bond donors (Lipinski definition) is 1. The second-order valence-corrected chi connectivity index (χ2v) is 5.87. The number of para-hydroxylation sites is 1. The molecule has 1 aromatic heterocycles. The number of fused-ring (bicyclic) bond motifs is 1. The SMILES string of the molecule is Br.COc1cccc(C(=O)CNc2nc3c(OC)cccc3s2)c1. The van der Waals surface area contributed by atoms with E-state index < -0.39 is 0 Å². The fourth-order valence-corrected chi connectivity index (χ4v) is 3.10. The molecule has 0 unspecified atom stereocenters. The summed E-state index contributed by atoms with van der Waals surface area (Å²) in [4.78, 5) is 16.7. The van der Waals surface area contributed by atoms with Gasteiger partial charge in [0.2, 0.25) is 0 Å². The summed E-state index contributed by atoms with van der Waals surface area (Å²) in [5.74, 6) is 1.38. The number of nitrogens with one attached hydrogen (secondary N) is 1. The van der Waals surface area contributed by atoms with Gasteiger partial charge in [-0.3, -0.25) is 4.79 Å². The Morgan fingerprint density at radius 2 is 1.96 bits per heavy atom. The van der Waals surface area contributed by atoms with Crippen molar-refractivity contribution in [2.24, 2.45) is 0 Å². The van der Waals surface area contributed by atoms with Crippen molar-refractivity contribution in [3.8, 4) is 11.5 Å². The molecule has 3 rings (SSSR count). The third-order valence-corrected chi connectivity index (χ3v) is 4.37. The molecule has 5 nitrogen and oxygen atoms in total. The molecular weight excluding hydrogens is 392 g/mol. The van der Waals surface area contributed by atoms with Crippen molar-refractivity contribution >= 4 is 49.4 Å². The number of halogens is 1. The molecule has 0 radical (unpaired) electrons. The van der Waals surface area contributed by atoms with Gasteiger partial charge in [-0.2, -0.15) is 0 Å². The zero-order chi connectivity index (χ0) is 16.2. The summed E-state index contributed by atoms with van der Waals surface area (Å²) in [6.45, 7) is 0.176. The molecule has 1 N–H and O–H groups in total. The number of carbonyl (C=O) groups excluding carboxylic acids is 1. The molecule has 0 aliphatic heterocycles. The maximum atomic E-state index is 12.3. The normalized spacial score (nSPS) is 10.1. The number of carbonyl (C=O) groups is 1. The zero-order valence-electron chi connectivity index (χ0n) is 13.2. The molecule has 3 aromatic rings. The monoisotopic (exact) mass is 408 g/mol. The van der Waals surface area contributed by atoms with Crippen molar-refractivity contribution in [1.29, 1.82) is 0 Å². The van der Waals surface area contributed by atoms with Crippen LogP contribution in [0.5, 0.6) is 11.5 Å². The minimum absolute atomic E-state index is 0. The van der Waals surface area contributed by atoms with Crippen LogP contribution >= 0.6 is 28.3 Å². The molecule has 0 saturated carbocycles. The number of hydrogen-bond acceptors (Lipinski definition) is 6. The van der Waals surface area contributed by atoms with Crippen molar-refractivity contribution in [2.45, 2.75) is 0 Å². The first-order chi connectivity index (χ1) is 11.2. The number of thiazole rings is 1. The number of rotatable bonds is 6. The van der Waals surface area contributed by atoms with Gasteiger partial charge in [0.05, 0.1) is 25.5 Å². The molecule has 24 heavy (non-hydrogen) atoms. The van der Waals surface area contributed by atoms with Crippen molar-refractivity contribution in [3.63, 3.8) is 0 Å². The number of methoxy groups -OCH3 is 2. The molecule has 7 heteroatoms. The van der Waals surface area contributed by atoms with Gasteiger partial charge in [-0.25, -0.2) is 4.98 Å². The number of aromatic nitrogens is 1. The van der Waals surface area contributed by atoms with E-state index in [1.807, 2.05) is 24.3 Å². The minimum atomic E-state index is -0.0184. The van der Waals surface area contributed by atoms with E-state index in [2.05, 4.69) is 10.3 Å². The lowest BCUT2D eigenvalue weighted by atomic mass is 10.1. The number of ether oxygens (including phenoxy) is 2. The van der Waals surface area contributed by atoms with E-state index in [1.165, 1.54) is 11.3 Å². The Hall–Kier alpha value is -2.12. The smallest absolute Gasteiger partial charge is 0.184 e. The number of Topliss-reactive ketones (excluding diaryl/α,β-unsaturated/α-hetero) is 1. The Morgan fingerprint density at radius 3 is 2.71 bits per heavy atom. The van der Waals surface area contributed by atoms with Crippen LogP contribution < -0.4 is 14.8 Å². The average molecular weight is 409 g/mol. The maximum Gasteiger partial charge on any atom is 0.184 e. The summed E-state index contributed by atoms with van der Waals surface area (Å²) >= 11 is 1.49. The van der Waals surface area contributed by atoms with Gasteiger partial charge in [-0.15, -0.1) is 17.0 Å². The number of anilines is 1. The first-order valence-corrected chi connectivity index (χ1v) is 7.87. The molecule has 2 aromatic carbocycles. The van der Waals surface area contributed by atoms with Crippen molar-refractivity contribution in [1.82, 2.24) is 4.98 Å². The number of nitrogens with zero attached hydrogens (tertiary/aromatic N) is 1. The van der Waals surface area contributed by atoms with Crippen molar-refractivity contribution in [2.75, 3.05) is 26.1 Å². The molecule has 0 atom stereocenters. The largest absolute Gasteiger partial charge is 0.497 e. The fourth-order valence-electron chi connectivity index (χ4n) is 2.22. The number of ketones is 1. The van der Waals surface area contributed by atoms with Gasteiger partial charge < -0.3 is 14.8 Å². The zero-order valence-corrected chi connectivity index (χ0v) is 15.8.